The third-order valence-corrected chi connectivity index (χ3v) is 3.82. The summed E-state index contributed by atoms with van der Waals surface area (Å²) in [6.07, 6.45) is 1.39. The van der Waals surface area contributed by atoms with Gasteiger partial charge in [0.1, 0.15) is 11.9 Å². The molecule has 4 heteroatoms. The maximum absolute atomic E-state index is 12.5. The molecule has 3 aromatic rings. The summed E-state index contributed by atoms with van der Waals surface area (Å²) in [5, 5.41) is 12.5. The molecule has 0 atom stereocenters. The Balaban J connectivity index is 2.25. The van der Waals surface area contributed by atoms with E-state index in [0.29, 0.717) is 11.4 Å². The Morgan fingerprint density at radius 1 is 0.864 bits per heavy atom. The highest BCUT2D eigenvalue weighted by atomic mass is 35.5. The molecule has 0 aliphatic heterocycles. The van der Waals surface area contributed by atoms with E-state index in [4.69, 9.17) is 11.6 Å². The van der Waals surface area contributed by atoms with Crippen molar-refractivity contribution in [3.63, 3.8) is 0 Å². The van der Waals surface area contributed by atoms with Gasteiger partial charge in [-0.25, -0.2) is 4.98 Å². The summed E-state index contributed by atoms with van der Waals surface area (Å²) in [4.78, 5) is 4.39. The molecule has 0 unspecified atom stereocenters. The predicted molar refractivity (Wildman–Crippen MR) is 88.6 cm³/mol. The molecule has 1 heterocycles. The quantitative estimate of drug-likeness (QED) is 0.522. The first-order chi connectivity index (χ1) is 10.6. The van der Waals surface area contributed by atoms with Crippen LogP contribution in [-0.2, 0) is 0 Å². The second-order valence-electron chi connectivity index (χ2n) is 5.30. The van der Waals surface area contributed by atoms with Gasteiger partial charge in [-0.05, 0) is 37.6 Å². The molecule has 0 spiro atoms. The lowest BCUT2D eigenvalue weighted by atomic mass is 10.0. The van der Waals surface area contributed by atoms with Gasteiger partial charge in [0.05, 0.1) is 0 Å². The van der Waals surface area contributed by atoms with Gasteiger partial charge in [-0.1, -0.05) is 47.5 Å². The van der Waals surface area contributed by atoms with Gasteiger partial charge in [0.15, 0.2) is 0 Å². The molecule has 3 rings (SSSR count). The number of hydrogen-bond acceptors (Lipinski definition) is 2. The number of aromatic nitrogens is 2. The number of nitrogens with zero attached hydrogens (tertiary/aromatic N) is 2. The summed E-state index contributed by atoms with van der Waals surface area (Å²) < 4.78 is 0.731. The smallest absolute Gasteiger partial charge is 0.305 e. The highest BCUT2D eigenvalue weighted by Crippen LogP contribution is 2.28. The molecular weight excluding hydrogens is 296 g/mol. The van der Waals surface area contributed by atoms with Gasteiger partial charge >= 0.3 is 5.15 Å². The van der Waals surface area contributed by atoms with Crippen LogP contribution in [0.2, 0.25) is 5.15 Å². The predicted octanol–water partition coefficient (Wildman–Crippen LogP) is 4.32. The average molecular weight is 311 g/mol. The van der Waals surface area contributed by atoms with Gasteiger partial charge in [0, 0.05) is 11.1 Å². The average Bonchev–Trinajstić information content (AvgIpc) is 2.52. The first kappa shape index (κ1) is 14.5. The van der Waals surface area contributed by atoms with Gasteiger partial charge in [-0.3, -0.25) is 0 Å². The third-order valence-electron chi connectivity index (χ3n) is 3.57. The Kier molecular flexibility index (Phi) is 3.82. The second-order valence-corrected chi connectivity index (χ2v) is 5.69. The van der Waals surface area contributed by atoms with E-state index in [1.54, 1.807) is 0 Å². The van der Waals surface area contributed by atoms with E-state index in [0.717, 1.165) is 27.0 Å². The summed E-state index contributed by atoms with van der Waals surface area (Å²) in [6.45, 7) is 4.03. The molecule has 0 bridgehead atoms. The monoisotopic (exact) mass is 310 g/mol. The van der Waals surface area contributed by atoms with Crippen molar-refractivity contribution in [2.24, 2.45) is 0 Å². The van der Waals surface area contributed by atoms with Crippen molar-refractivity contribution in [2.75, 3.05) is 0 Å². The zero-order valence-electron chi connectivity index (χ0n) is 12.4. The van der Waals surface area contributed by atoms with Crippen LogP contribution in [0.25, 0.3) is 22.5 Å². The molecule has 3 nitrogen and oxygen atoms in total. The molecule has 0 aliphatic carbocycles. The molecular formula is C18H15ClN2O. The van der Waals surface area contributed by atoms with Crippen molar-refractivity contribution in [3.05, 3.63) is 76.2 Å². The van der Waals surface area contributed by atoms with Crippen LogP contribution in [0, 0.1) is 19.1 Å². The Bertz CT molecular complexity index is 812. The maximum atomic E-state index is 12.5. The normalized spacial score (nSPS) is 10.7. The third kappa shape index (κ3) is 2.68. The first-order valence-electron chi connectivity index (χ1n) is 6.98. The molecule has 0 aliphatic rings. The zero-order chi connectivity index (χ0) is 15.7. The fraction of sp³-hybridized carbons (Fsp3) is 0.111. The molecule has 0 saturated carbocycles. The maximum Gasteiger partial charge on any atom is 0.305 e. The van der Waals surface area contributed by atoms with Crippen LogP contribution >= 0.6 is 11.6 Å². The highest BCUT2D eigenvalue weighted by molar-refractivity contribution is 6.28. The van der Waals surface area contributed by atoms with E-state index < -0.39 is 0 Å². The van der Waals surface area contributed by atoms with Crippen molar-refractivity contribution in [2.45, 2.75) is 13.8 Å². The number of aryl methyl sites for hydroxylation is 2. The topological polar surface area (TPSA) is 39.8 Å². The standard InChI is InChI=1S/C18H15ClN2O/c1-12-3-7-14(8-4-12)17-18(21(22)16(19)11-20-17)15-9-5-13(2)6-10-15/h3-11H,1-2H3. The van der Waals surface area contributed by atoms with E-state index in [2.05, 4.69) is 4.98 Å². The Morgan fingerprint density at radius 2 is 1.36 bits per heavy atom. The highest BCUT2D eigenvalue weighted by Gasteiger charge is 2.21. The van der Waals surface area contributed by atoms with Crippen LogP contribution in [0.1, 0.15) is 11.1 Å². The van der Waals surface area contributed by atoms with E-state index in [9.17, 15) is 5.21 Å². The largest absolute Gasteiger partial charge is 0.617 e. The minimum Gasteiger partial charge on any atom is -0.617 e. The van der Waals surface area contributed by atoms with Crippen molar-refractivity contribution < 1.29 is 4.73 Å². The minimum absolute atomic E-state index is 0.0615. The van der Waals surface area contributed by atoms with Gasteiger partial charge in [-0.15, -0.1) is 0 Å². The lowest BCUT2D eigenvalue weighted by Crippen LogP contribution is -2.32. The second kappa shape index (κ2) is 5.78. The van der Waals surface area contributed by atoms with Crippen molar-refractivity contribution in [3.8, 4) is 22.5 Å². The summed E-state index contributed by atoms with van der Waals surface area (Å²) >= 11 is 5.97. The molecule has 0 radical (unpaired) electrons. The summed E-state index contributed by atoms with van der Waals surface area (Å²) in [7, 11) is 0. The minimum atomic E-state index is 0.0615. The Labute approximate surface area is 134 Å². The van der Waals surface area contributed by atoms with Crippen LogP contribution in [0.3, 0.4) is 0 Å². The lowest BCUT2D eigenvalue weighted by Gasteiger charge is -2.11. The van der Waals surface area contributed by atoms with Gasteiger partial charge < -0.3 is 5.21 Å². The number of halogens is 1. The molecule has 0 saturated heterocycles. The van der Waals surface area contributed by atoms with E-state index >= 15 is 0 Å². The van der Waals surface area contributed by atoms with Crippen LogP contribution in [0.5, 0.6) is 0 Å². The molecule has 110 valence electrons. The summed E-state index contributed by atoms with van der Waals surface area (Å²) in [5.41, 5.74) is 5.07. The van der Waals surface area contributed by atoms with Crippen LogP contribution in [0.15, 0.2) is 54.7 Å². The van der Waals surface area contributed by atoms with Crippen LogP contribution in [-0.4, -0.2) is 4.98 Å². The molecule has 22 heavy (non-hydrogen) atoms. The molecule has 0 amide bonds. The van der Waals surface area contributed by atoms with E-state index in [-0.39, 0.29) is 5.15 Å². The Hall–Kier alpha value is -2.39. The molecule has 0 N–H and O–H groups in total. The van der Waals surface area contributed by atoms with E-state index in [1.165, 1.54) is 6.20 Å². The van der Waals surface area contributed by atoms with Crippen molar-refractivity contribution in [1.82, 2.24) is 4.98 Å². The van der Waals surface area contributed by atoms with Gasteiger partial charge in [-0.2, -0.15) is 4.73 Å². The Morgan fingerprint density at radius 3 is 1.91 bits per heavy atom. The fourth-order valence-electron chi connectivity index (χ4n) is 2.32. The molecule has 2 aromatic carbocycles. The molecule has 0 fully saturated rings. The first-order valence-corrected chi connectivity index (χ1v) is 7.36. The van der Waals surface area contributed by atoms with Gasteiger partial charge in [0.25, 0.3) is 5.69 Å². The summed E-state index contributed by atoms with van der Waals surface area (Å²) in [5.74, 6) is 0. The SMILES string of the molecule is Cc1ccc(-c2ncc(Cl)[n+]([O-])c2-c2ccc(C)cc2)cc1. The lowest BCUT2D eigenvalue weighted by molar-refractivity contribution is -0.591. The van der Waals surface area contributed by atoms with Gasteiger partial charge in [0.2, 0.25) is 0 Å². The van der Waals surface area contributed by atoms with Crippen LogP contribution in [0.4, 0.5) is 0 Å². The molecule has 1 aromatic heterocycles. The number of rotatable bonds is 2. The van der Waals surface area contributed by atoms with Crippen molar-refractivity contribution >= 4 is 11.6 Å². The summed E-state index contributed by atoms with van der Waals surface area (Å²) in [6, 6.07) is 15.7. The van der Waals surface area contributed by atoms with Crippen LogP contribution < -0.4 is 4.73 Å². The van der Waals surface area contributed by atoms with Crippen molar-refractivity contribution in [1.29, 1.82) is 0 Å². The zero-order valence-corrected chi connectivity index (χ0v) is 13.1. The van der Waals surface area contributed by atoms with E-state index in [1.807, 2.05) is 62.4 Å². The number of benzene rings is 2. The number of hydrogen-bond donors (Lipinski definition) is 0. The fourth-order valence-corrected chi connectivity index (χ4v) is 2.46.